The zero-order valence-corrected chi connectivity index (χ0v) is 11.8. The van der Waals surface area contributed by atoms with Crippen molar-refractivity contribution in [2.45, 2.75) is 31.6 Å². The predicted octanol–water partition coefficient (Wildman–Crippen LogP) is 1.89. The largest absolute Gasteiger partial charge is 0.500 e. The number of hydrogen-bond donors (Lipinski definition) is 0. The zero-order chi connectivity index (χ0) is 11.2. The molecule has 0 saturated carbocycles. The van der Waals surface area contributed by atoms with E-state index >= 15 is 0 Å². The highest BCUT2D eigenvalue weighted by molar-refractivity contribution is 6.69. The van der Waals surface area contributed by atoms with Crippen molar-refractivity contribution in [1.29, 1.82) is 0 Å². The molecule has 85 valence electrons. The molecular weight excluding hydrogens is 216 g/mol. The van der Waals surface area contributed by atoms with Gasteiger partial charge in [0.1, 0.15) is 0 Å². The highest BCUT2D eigenvalue weighted by atomic mass is 28.4. The van der Waals surface area contributed by atoms with Gasteiger partial charge in [-0.2, -0.15) is 0 Å². The second-order valence-corrected chi connectivity index (χ2v) is 11.0. The number of rotatable bonds is 7. The van der Waals surface area contributed by atoms with Crippen molar-refractivity contribution in [3.05, 3.63) is 0 Å². The Labute approximate surface area is 88.7 Å². The van der Waals surface area contributed by atoms with Crippen LogP contribution in [0.4, 0.5) is 0 Å². The van der Waals surface area contributed by atoms with E-state index in [0.717, 1.165) is 18.5 Å². The first-order chi connectivity index (χ1) is 6.39. The van der Waals surface area contributed by atoms with Crippen molar-refractivity contribution in [2.24, 2.45) is 0 Å². The Hall–Kier alpha value is 0.274. The van der Waals surface area contributed by atoms with Crippen molar-refractivity contribution in [3.8, 4) is 0 Å². The van der Waals surface area contributed by atoms with Gasteiger partial charge in [-0.3, -0.25) is 4.80 Å². The molecule has 0 bridgehead atoms. The van der Waals surface area contributed by atoms with Gasteiger partial charge in [-0.05, 0) is 25.6 Å². The van der Waals surface area contributed by atoms with Crippen LogP contribution in [0.2, 0.25) is 25.2 Å². The van der Waals surface area contributed by atoms with E-state index in [1.165, 1.54) is 0 Å². The molecule has 0 atom stereocenters. The van der Waals surface area contributed by atoms with Gasteiger partial charge in [0.25, 0.3) is 0 Å². The van der Waals surface area contributed by atoms with E-state index in [9.17, 15) is 4.80 Å². The normalized spacial score (nSPS) is 13.3. The van der Waals surface area contributed by atoms with Gasteiger partial charge in [-0.25, -0.2) is 0 Å². The highest BCUT2D eigenvalue weighted by Crippen LogP contribution is 2.19. The number of hydrogen-bond acceptors (Lipinski definition) is 3. The van der Waals surface area contributed by atoms with Crippen LogP contribution in [0.1, 0.15) is 6.42 Å². The van der Waals surface area contributed by atoms with Crippen molar-refractivity contribution in [2.75, 3.05) is 21.3 Å². The van der Waals surface area contributed by atoms with E-state index < -0.39 is 17.1 Å². The van der Waals surface area contributed by atoms with Gasteiger partial charge in [0.15, 0.2) is 0 Å². The molecule has 0 unspecified atom stereocenters. The lowest BCUT2D eigenvalue weighted by Gasteiger charge is -2.24. The van der Waals surface area contributed by atoms with Crippen LogP contribution < -0.4 is 0 Å². The summed E-state index contributed by atoms with van der Waals surface area (Å²) in [5.74, 6) is 0. The van der Waals surface area contributed by atoms with E-state index in [-0.39, 0.29) is 0 Å². The molecule has 6 heteroatoms. The van der Waals surface area contributed by atoms with E-state index in [4.69, 9.17) is 13.3 Å². The second-order valence-electron chi connectivity index (χ2n) is 3.91. The maximum Gasteiger partial charge on any atom is 0.500 e. The van der Waals surface area contributed by atoms with Crippen LogP contribution in [0.5, 0.6) is 0 Å². The zero-order valence-electron chi connectivity index (χ0n) is 9.75. The van der Waals surface area contributed by atoms with Crippen molar-refractivity contribution < 1.29 is 18.1 Å². The lowest BCUT2D eigenvalue weighted by molar-refractivity contribution is 0.123. The SMILES string of the molecule is CO[Si](CCC[Si](C)(C)[O])(OC)OC. The van der Waals surface area contributed by atoms with Gasteiger partial charge < -0.3 is 13.3 Å². The molecule has 4 nitrogen and oxygen atoms in total. The Morgan fingerprint density at radius 2 is 1.36 bits per heavy atom. The monoisotopic (exact) mass is 237 g/mol. The fourth-order valence-electron chi connectivity index (χ4n) is 1.29. The summed E-state index contributed by atoms with van der Waals surface area (Å²) in [6.45, 7) is 3.64. The third-order valence-corrected chi connectivity index (χ3v) is 6.58. The molecule has 0 aliphatic heterocycles. The van der Waals surface area contributed by atoms with Crippen LogP contribution in [0.15, 0.2) is 0 Å². The summed E-state index contributed by atoms with van der Waals surface area (Å²) >= 11 is 0. The Bertz CT molecular complexity index is 146. The molecule has 0 rings (SSSR count). The molecule has 0 aromatic carbocycles. The molecule has 0 aromatic rings. The van der Waals surface area contributed by atoms with Crippen molar-refractivity contribution in [3.63, 3.8) is 0 Å². The van der Waals surface area contributed by atoms with Gasteiger partial charge in [0, 0.05) is 27.4 Å². The van der Waals surface area contributed by atoms with Crippen LogP contribution in [-0.2, 0) is 18.1 Å². The van der Waals surface area contributed by atoms with Gasteiger partial charge in [0.05, 0.1) is 0 Å². The molecule has 0 heterocycles. The first-order valence-corrected chi connectivity index (χ1v) is 9.80. The Morgan fingerprint density at radius 3 is 1.64 bits per heavy atom. The third-order valence-electron chi connectivity index (χ3n) is 2.19. The molecule has 0 amide bonds. The van der Waals surface area contributed by atoms with E-state index in [1.54, 1.807) is 21.3 Å². The van der Waals surface area contributed by atoms with Crippen molar-refractivity contribution in [1.82, 2.24) is 0 Å². The highest BCUT2D eigenvalue weighted by Gasteiger charge is 2.37. The summed E-state index contributed by atoms with van der Waals surface area (Å²) in [6, 6.07) is 1.48. The summed E-state index contributed by atoms with van der Waals surface area (Å²) in [7, 11) is 0.165. The quantitative estimate of drug-likeness (QED) is 0.635. The van der Waals surface area contributed by atoms with Gasteiger partial charge in [-0.15, -0.1) is 0 Å². The fourth-order valence-corrected chi connectivity index (χ4v) is 4.39. The minimum atomic E-state index is -2.43. The smallest absolute Gasteiger partial charge is 0.377 e. The molecule has 1 radical (unpaired) electrons. The average molecular weight is 237 g/mol. The lowest BCUT2D eigenvalue weighted by Crippen LogP contribution is -2.43. The minimum Gasteiger partial charge on any atom is -0.377 e. The summed E-state index contributed by atoms with van der Waals surface area (Å²) in [6.07, 6.45) is 0.838. The summed E-state index contributed by atoms with van der Waals surface area (Å²) < 4.78 is 15.8. The summed E-state index contributed by atoms with van der Waals surface area (Å²) in [4.78, 5) is 11.5. The van der Waals surface area contributed by atoms with Crippen LogP contribution in [-0.4, -0.2) is 38.5 Å². The van der Waals surface area contributed by atoms with Crippen LogP contribution in [0.25, 0.3) is 0 Å². The first kappa shape index (κ1) is 14.3. The van der Waals surface area contributed by atoms with Crippen LogP contribution in [0, 0.1) is 0 Å². The molecule has 0 N–H and O–H groups in total. The molecular formula is C8H21O4Si2. The van der Waals surface area contributed by atoms with Gasteiger partial charge in [0.2, 0.25) is 8.32 Å². The van der Waals surface area contributed by atoms with E-state index in [0.29, 0.717) is 0 Å². The van der Waals surface area contributed by atoms with Crippen LogP contribution in [0.3, 0.4) is 0 Å². The van der Waals surface area contributed by atoms with Gasteiger partial charge >= 0.3 is 8.80 Å². The summed E-state index contributed by atoms with van der Waals surface area (Å²) in [5.41, 5.74) is 0. The molecule has 0 aliphatic carbocycles. The minimum absolute atomic E-state index is 0.731. The summed E-state index contributed by atoms with van der Waals surface area (Å²) in [5, 5.41) is 0. The third kappa shape index (κ3) is 5.23. The molecule has 0 aromatic heterocycles. The Kier molecular flexibility index (Phi) is 6.11. The van der Waals surface area contributed by atoms with E-state index in [1.807, 2.05) is 13.1 Å². The molecule has 0 aliphatic rings. The maximum absolute atomic E-state index is 11.5. The second kappa shape index (κ2) is 5.99. The average Bonchev–Trinajstić information content (AvgIpc) is 2.11. The molecule has 0 spiro atoms. The van der Waals surface area contributed by atoms with Crippen molar-refractivity contribution >= 4 is 17.1 Å². The van der Waals surface area contributed by atoms with Crippen LogP contribution >= 0.6 is 0 Å². The maximum atomic E-state index is 11.5. The predicted molar refractivity (Wildman–Crippen MR) is 59.2 cm³/mol. The molecule has 14 heavy (non-hydrogen) atoms. The van der Waals surface area contributed by atoms with E-state index in [2.05, 4.69) is 0 Å². The molecule has 0 fully saturated rings. The topological polar surface area (TPSA) is 47.6 Å². The fraction of sp³-hybridized carbons (Fsp3) is 1.00. The standard InChI is InChI=1S/C8H21O4Si2/c1-10-14(11-2,12-3)8-6-7-13(4,5)9/h6-8H2,1-5H3. The Morgan fingerprint density at radius 1 is 0.929 bits per heavy atom. The lowest BCUT2D eigenvalue weighted by atomic mass is 10.6. The van der Waals surface area contributed by atoms with Gasteiger partial charge in [-0.1, -0.05) is 0 Å². The first-order valence-electron chi connectivity index (χ1n) is 4.75. The molecule has 0 saturated heterocycles. The Balaban J connectivity index is 3.95.